The van der Waals surface area contributed by atoms with Crippen LogP contribution in [0.5, 0.6) is 5.75 Å². The first kappa shape index (κ1) is 22.1. The van der Waals surface area contributed by atoms with Gasteiger partial charge < -0.3 is 13.7 Å². The molecule has 0 radical (unpaired) electrons. The Kier molecular flexibility index (Phi) is 17.7. The van der Waals surface area contributed by atoms with Crippen molar-refractivity contribution >= 4 is 18.9 Å². The van der Waals surface area contributed by atoms with E-state index in [0.29, 0.717) is 18.9 Å². The van der Waals surface area contributed by atoms with E-state index in [1.165, 1.54) is 0 Å². The molecule has 0 spiro atoms. The summed E-state index contributed by atoms with van der Waals surface area (Å²) in [6, 6.07) is 9.40. The number of benzene rings is 1. The van der Waals surface area contributed by atoms with Crippen molar-refractivity contribution in [3.8, 4) is 5.75 Å². The summed E-state index contributed by atoms with van der Waals surface area (Å²) in [5.74, 6) is 1.29. The SMILES string of the molecule is CCC(=O)OCCC(C)C.COC.SOc1ccccc1. The Morgan fingerprint density at radius 2 is 1.71 bits per heavy atom. The molecule has 0 bridgehead atoms. The standard InChI is InChI=1S/C8H16O2.C6H6OS.C2H6O/c1-4-8(9)10-6-5-7(2)3;8-7-6-4-2-1-3-5-6;1-3-2/h7H,4-6H2,1-3H3;1-5,8H;1-2H3. The lowest BCUT2D eigenvalue weighted by Crippen LogP contribution is -2.05. The highest BCUT2D eigenvalue weighted by Gasteiger charge is 1.98. The smallest absolute Gasteiger partial charge is 0.305 e. The van der Waals surface area contributed by atoms with Gasteiger partial charge in [-0.15, -0.1) is 0 Å². The maximum absolute atomic E-state index is 10.6. The van der Waals surface area contributed by atoms with Crippen molar-refractivity contribution < 1.29 is 18.5 Å². The number of esters is 1. The van der Waals surface area contributed by atoms with E-state index < -0.39 is 0 Å². The zero-order valence-corrected chi connectivity index (χ0v) is 14.6. The number of methoxy groups -OCH3 is 1. The highest BCUT2D eigenvalue weighted by molar-refractivity contribution is 7.75. The van der Waals surface area contributed by atoms with Crippen LogP contribution in [0.4, 0.5) is 0 Å². The first-order valence-corrected chi connectivity index (χ1v) is 7.30. The van der Waals surface area contributed by atoms with E-state index in [2.05, 4.69) is 35.7 Å². The number of carbonyl (C=O) groups excluding carboxylic acids is 1. The van der Waals surface area contributed by atoms with Crippen LogP contribution in [0.1, 0.15) is 33.6 Å². The van der Waals surface area contributed by atoms with Crippen LogP contribution in [0.3, 0.4) is 0 Å². The third-order valence-electron chi connectivity index (χ3n) is 2.10. The van der Waals surface area contributed by atoms with E-state index in [9.17, 15) is 4.79 Å². The van der Waals surface area contributed by atoms with E-state index in [0.717, 1.165) is 12.2 Å². The fourth-order valence-corrected chi connectivity index (χ4v) is 1.11. The van der Waals surface area contributed by atoms with E-state index in [-0.39, 0.29) is 5.97 Å². The third-order valence-corrected chi connectivity index (χ3v) is 2.31. The highest BCUT2D eigenvalue weighted by Crippen LogP contribution is 2.08. The molecule has 4 nitrogen and oxygen atoms in total. The summed E-state index contributed by atoms with van der Waals surface area (Å²) in [6.45, 7) is 6.60. The average molecular weight is 316 g/mol. The molecule has 0 saturated carbocycles. The Morgan fingerprint density at radius 1 is 1.19 bits per heavy atom. The lowest BCUT2D eigenvalue weighted by Gasteiger charge is -2.04. The minimum atomic E-state index is -0.0966. The zero-order valence-electron chi connectivity index (χ0n) is 13.7. The van der Waals surface area contributed by atoms with Gasteiger partial charge in [0.05, 0.1) is 6.61 Å². The molecular weight excluding hydrogens is 288 g/mol. The predicted octanol–water partition coefficient (Wildman–Crippen LogP) is 4.16. The summed E-state index contributed by atoms with van der Waals surface area (Å²) in [5, 5.41) is 0. The quantitative estimate of drug-likeness (QED) is 0.503. The van der Waals surface area contributed by atoms with Crippen molar-refractivity contribution in [3.63, 3.8) is 0 Å². The Balaban J connectivity index is 0. The van der Waals surface area contributed by atoms with E-state index >= 15 is 0 Å². The summed E-state index contributed by atoms with van der Waals surface area (Å²) in [5.41, 5.74) is 0. The number of hydrogen-bond donors (Lipinski definition) is 1. The maximum atomic E-state index is 10.6. The van der Waals surface area contributed by atoms with Gasteiger partial charge in [0.1, 0.15) is 5.75 Å². The van der Waals surface area contributed by atoms with E-state index in [1.54, 1.807) is 21.1 Å². The summed E-state index contributed by atoms with van der Waals surface area (Å²) < 4.78 is 13.7. The summed E-state index contributed by atoms with van der Waals surface area (Å²) in [6.07, 6.45) is 1.45. The van der Waals surface area contributed by atoms with Crippen molar-refractivity contribution in [2.75, 3.05) is 20.8 Å². The fraction of sp³-hybridized carbons (Fsp3) is 0.562. The Labute approximate surface area is 134 Å². The molecule has 0 unspecified atom stereocenters. The molecule has 1 rings (SSSR count). The second-order valence-electron chi connectivity index (χ2n) is 4.57. The van der Waals surface area contributed by atoms with Crippen molar-refractivity contribution in [1.82, 2.24) is 0 Å². The Bertz CT molecular complexity index is 328. The maximum Gasteiger partial charge on any atom is 0.305 e. The van der Waals surface area contributed by atoms with Crippen molar-refractivity contribution in [2.45, 2.75) is 33.6 Å². The van der Waals surface area contributed by atoms with Gasteiger partial charge in [-0.25, -0.2) is 0 Å². The first-order valence-electron chi connectivity index (χ1n) is 6.93. The van der Waals surface area contributed by atoms with E-state index in [1.807, 2.05) is 30.3 Å². The molecule has 0 amide bonds. The third kappa shape index (κ3) is 18.8. The van der Waals surface area contributed by atoms with Gasteiger partial charge in [0, 0.05) is 33.6 Å². The molecular formula is C16H28O4S. The van der Waals surface area contributed by atoms with Gasteiger partial charge >= 0.3 is 5.97 Å². The number of ether oxygens (including phenoxy) is 2. The van der Waals surface area contributed by atoms with Crippen LogP contribution in [-0.4, -0.2) is 26.8 Å². The Morgan fingerprint density at radius 3 is 2.05 bits per heavy atom. The molecule has 0 atom stereocenters. The van der Waals surface area contributed by atoms with Crippen molar-refractivity contribution in [3.05, 3.63) is 30.3 Å². The summed E-state index contributed by atoms with van der Waals surface area (Å²) >= 11 is 3.61. The van der Waals surface area contributed by atoms with Crippen LogP contribution >= 0.6 is 12.9 Å². The van der Waals surface area contributed by atoms with Crippen LogP contribution in [0.2, 0.25) is 0 Å². The molecule has 0 aliphatic heterocycles. The van der Waals surface area contributed by atoms with Gasteiger partial charge in [0.2, 0.25) is 0 Å². The van der Waals surface area contributed by atoms with Crippen LogP contribution in [0, 0.1) is 5.92 Å². The molecule has 1 aromatic carbocycles. The van der Waals surface area contributed by atoms with Crippen LogP contribution in [-0.2, 0) is 14.3 Å². The second kappa shape index (κ2) is 16.9. The first-order chi connectivity index (χ1) is 10.0. The minimum absolute atomic E-state index is 0.0966. The van der Waals surface area contributed by atoms with Crippen LogP contribution in [0.25, 0.3) is 0 Å². The van der Waals surface area contributed by atoms with Gasteiger partial charge in [0.15, 0.2) is 0 Å². The lowest BCUT2D eigenvalue weighted by molar-refractivity contribution is -0.143. The van der Waals surface area contributed by atoms with Gasteiger partial charge in [0.25, 0.3) is 0 Å². The number of hydrogen-bond acceptors (Lipinski definition) is 5. The molecule has 122 valence electrons. The fourth-order valence-electron chi connectivity index (χ4n) is 0.992. The predicted molar refractivity (Wildman–Crippen MR) is 89.7 cm³/mol. The molecule has 0 aliphatic carbocycles. The van der Waals surface area contributed by atoms with Gasteiger partial charge in [-0.1, -0.05) is 39.0 Å². The molecule has 5 heteroatoms. The largest absolute Gasteiger partial charge is 0.466 e. The van der Waals surface area contributed by atoms with Crippen molar-refractivity contribution in [2.24, 2.45) is 5.92 Å². The topological polar surface area (TPSA) is 44.8 Å². The van der Waals surface area contributed by atoms with E-state index in [4.69, 9.17) is 4.74 Å². The summed E-state index contributed by atoms with van der Waals surface area (Å²) in [7, 11) is 3.25. The van der Waals surface area contributed by atoms with Gasteiger partial charge in [-0.05, 0) is 24.5 Å². The normalized spacial score (nSPS) is 8.90. The van der Waals surface area contributed by atoms with Crippen LogP contribution < -0.4 is 4.18 Å². The molecule has 0 saturated heterocycles. The highest BCUT2D eigenvalue weighted by atomic mass is 32.1. The average Bonchev–Trinajstić information content (AvgIpc) is 2.49. The molecule has 0 aromatic heterocycles. The van der Waals surface area contributed by atoms with Gasteiger partial charge in [-0.3, -0.25) is 4.79 Å². The number of thiol groups is 1. The van der Waals surface area contributed by atoms with Crippen molar-refractivity contribution in [1.29, 1.82) is 0 Å². The number of rotatable bonds is 5. The zero-order chi connectivity index (χ0) is 16.5. The Hall–Kier alpha value is -1.20. The number of carbonyl (C=O) groups is 1. The van der Waals surface area contributed by atoms with Crippen LogP contribution in [0.15, 0.2) is 30.3 Å². The lowest BCUT2D eigenvalue weighted by atomic mass is 10.1. The summed E-state index contributed by atoms with van der Waals surface area (Å²) in [4.78, 5) is 10.6. The monoisotopic (exact) mass is 316 g/mol. The molecule has 0 fully saturated rings. The second-order valence-corrected chi connectivity index (χ2v) is 4.75. The molecule has 0 N–H and O–H groups in total. The minimum Gasteiger partial charge on any atom is -0.466 e. The molecule has 21 heavy (non-hydrogen) atoms. The molecule has 0 heterocycles. The molecule has 0 aliphatic rings. The number of para-hydroxylation sites is 1. The molecule has 1 aromatic rings. The van der Waals surface area contributed by atoms with Gasteiger partial charge in [-0.2, -0.15) is 0 Å².